The summed E-state index contributed by atoms with van der Waals surface area (Å²) in [7, 11) is 2.07. The van der Waals surface area contributed by atoms with Crippen LogP contribution in [0.1, 0.15) is 10.4 Å². The molecule has 96 valence electrons. The highest BCUT2D eigenvalue weighted by Crippen LogP contribution is 2.29. The lowest BCUT2D eigenvalue weighted by Gasteiger charge is -2.18. The van der Waals surface area contributed by atoms with Crippen LogP contribution in [0.4, 0.5) is 5.82 Å². The van der Waals surface area contributed by atoms with Gasteiger partial charge in [0.1, 0.15) is 17.0 Å². The van der Waals surface area contributed by atoms with E-state index < -0.39 is 0 Å². The average Bonchev–Trinajstić information content (AvgIpc) is 2.79. The number of thiophene rings is 1. The highest BCUT2D eigenvalue weighted by Gasteiger charge is 2.11. The van der Waals surface area contributed by atoms with Gasteiger partial charge in [0.2, 0.25) is 0 Å². The Morgan fingerprint density at radius 2 is 1.95 bits per heavy atom. The molecule has 2 heterocycles. The summed E-state index contributed by atoms with van der Waals surface area (Å²) in [6.45, 7) is 2.95. The number of hydrogen-bond donors (Lipinski definition) is 0. The molecular weight excluding hydrogens is 254 g/mol. The Balaban J connectivity index is 1.95. The number of rotatable bonds is 3. The SMILES string of the molecule is Cc1cc2c(N(C)Cc3ccccc3)ncnc2s1. The minimum atomic E-state index is 0.849. The van der Waals surface area contributed by atoms with E-state index in [2.05, 4.69) is 59.2 Å². The topological polar surface area (TPSA) is 29.0 Å². The Morgan fingerprint density at radius 3 is 2.74 bits per heavy atom. The molecule has 1 aromatic carbocycles. The smallest absolute Gasteiger partial charge is 0.140 e. The molecule has 0 aliphatic rings. The van der Waals surface area contributed by atoms with E-state index in [9.17, 15) is 0 Å². The summed E-state index contributed by atoms with van der Waals surface area (Å²) in [6, 6.07) is 12.6. The maximum Gasteiger partial charge on any atom is 0.140 e. The third kappa shape index (κ3) is 2.44. The molecule has 0 aliphatic heterocycles. The molecule has 0 aliphatic carbocycles. The van der Waals surface area contributed by atoms with Crippen molar-refractivity contribution in [3.05, 3.63) is 53.2 Å². The molecular formula is C15H15N3S. The van der Waals surface area contributed by atoms with Gasteiger partial charge in [0, 0.05) is 18.5 Å². The molecule has 2 aromatic heterocycles. The second-order valence-corrected chi connectivity index (χ2v) is 5.85. The lowest BCUT2D eigenvalue weighted by molar-refractivity contribution is 0.901. The van der Waals surface area contributed by atoms with Crippen molar-refractivity contribution in [1.29, 1.82) is 0 Å². The van der Waals surface area contributed by atoms with E-state index >= 15 is 0 Å². The third-order valence-corrected chi connectivity index (χ3v) is 4.01. The Morgan fingerprint density at radius 1 is 1.16 bits per heavy atom. The van der Waals surface area contributed by atoms with Crippen molar-refractivity contribution in [3.8, 4) is 0 Å². The predicted octanol–water partition coefficient (Wildman–Crippen LogP) is 3.64. The summed E-state index contributed by atoms with van der Waals surface area (Å²) >= 11 is 1.71. The monoisotopic (exact) mass is 269 g/mol. The number of anilines is 1. The van der Waals surface area contributed by atoms with E-state index in [-0.39, 0.29) is 0 Å². The van der Waals surface area contributed by atoms with E-state index in [1.807, 2.05) is 6.07 Å². The predicted molar refractivity (Wildman–Crippen MR) is 80.7 cm³/mol. The first-order chi connectivity index (χ1) is 9.24. The van der Waals surface area contributed by atoms with Gasteiger partial charge in [0.15, 0.2) is 0 Å². The fraction of sp³-hybridized carbons (Fsp3) is 0.200. The number of aromatic nitrogens is 2. The maximum absolute atomic E-state index is 4.44. The summed E-state index contributed by atoms with van der Waals surface area (Å²) in [6.07, 6.45) is 1.65. The van der Waals surface area contributed by atoms with Gasteiger partial charge in [-0.25, -0.2) is 9.97 Å². The van der Waals surface area contributed by atoms with Crippen molar-refractivity contribution < 1.29 is 0 Å². The maximum atomic E-state index is 4.44. The highest BCUT2D eigenvalue weighted by molar-refractivity contribution is 7.18. The first kappa shape index (κ1) is 12.1. The van der Waals surface area contributed by atoms with Gasteiger partial charge in [-0.05, 0) is 18.6 Å². The zero-order valence-corrected chi connectivity index (χ0v) is 11.8. The molecule has 0 N–H and O–H groups in total. The number of nitrogens with zero attached hydrogens (tertiary/aromatic N) is 3. The van der Waals surface area contributed by atoms with Crippen LogP contribution < -0.4 is 4.90 Å². The van der Waals surface area contributed by atoms with Crippen LogP contribution in [-0.2, 0) is 6.54 Å². The summed E-state index contributed by atoms with van der Waals surface area (Å²) in [4.78, 5) is 13.3. The molecule has 4 heteroatoms. The molecule has 0 radical (unpaired) electrons. The van der Waals surface area contributed by atoms with Crippen LogP contribution in [0.25, 0.3) is 10.2 Å². The fourth-order valence-electron chi connectivity index (χ4n) is 2.20. The van der Waals surface area contributed by atoms with E-state index in [0.717, 1.165) is 22.6 Å². The molecule has 0 spiro atoms. The number of aryl methyl sites for hydroxylation is 1. The lowest BCUT2D eigenvalue weighted by Crippen LogP contribution is -2.17. The van der Waals surface area contributed by atoms with Crippen LogP contribution in [-0.4, -0.2) is 17.0 Å². The van der Waals surface area contributed by atoms with Crippen molar-refractivity contribution in [2.75, 3.05) is 11.9 Å². The molecule has 0 unspecified atom stereocenters. The molecule has 3 nitrogen and oxygen atoms in total. The molecule has 3 aromatic rings. The quantitative estimate of drug-likeness (QED) is 0.727. The highest BCUT2D eigenvalue weighted by atomic mass is 32.1. The molecule has 0 saturated heterocycles. The van der Waals surface area contributed by atoms with Crippen LogP contribution in [0, 0.1) is 6.92 Å². The average molecular weight is 269 g/mol. The van der Waals surface area contributed by atoms with E-state index in [1.165, 1.54) is 10.4 Å². The second-order valence-electron chi connectivity index (χ2n) is 4.61. The van der Waals surface area contributed by atoms with Gasteiger partial charge in [-0.3, -0.25) is 0 Å². The van der Waals surface area contributed by atoms with Crippen LogP contribution in [0.3, 0.4) is 0 Å². The van der Waals surface area contributed by atoms with Crippen molar-refractivity contribution in [2.24, 2.45) is 0 Å². The van der Waals surface area contributed by atoms with Crippen LogP contribution in [0.15, 0.2) is 42.7 Å². The van der Waals surface area contributed by atoms with Crippen molar-refractivity contribution >= 4 is 27.4 Å². The van der Waals surface area contributed by atoms with Gasteiger partial charge in [0.25, 0.3) is 0 Å². The summed E-state index contributed by atoms with van der Waals surface area (Å²) in [5.74, 6) is 0.998. The molecule has 0 atom stereocenters. The van der Waals surface area contributed by atoms with Crippen LogP contribution in [0.2, 0.25) is 0 Å². The van der Waals surface area contributed by atoms with Crippen LogP contribution >= 0.6 is 11.3 Å². The normalized spacial score (nSPS) is 10.8. The Hall–Kier alpha value is -1.94. The second kappa shape index (κ2) is 4.97. The van der Waals surface area contributed by atoms with Crippen molar-refractivity contribution in [2.45, 2.75) is 13.5 Å². The molecule has 0 bridgehead atoms. The van der Waals surface area contributed by atoms with Gasteiger partial charge in [0.05, 0.1) is 5.39 Å². The fourth-order valence-corrected chi connectivity index (χ4v) is 3.04. The van der Waals surface area contributed by atoms with E-state index in [1.54, 1.807) is 17.7 Å². The zero-order chi connectivity index (χ0) is 13.2. The molecule has 0 amide bonds. The minimum Gasteiger partial charge on any atom is -0.355 e. The summed E-state index contributed by atoms with van der Waals surface area (Å²) in [5.41, 5.74) is 1.28. The first-order valence-electron chi connectivity index (χ1n) is 6.20. The van der Waals surface area contributed by atoms with Gasteiger partial charge in [-0.1, -0.05) is 30.3 Å². The number of hydrogen-bond acceptors (Lipinski definition) is 4. The van der Waals surface area contributed by atoms with Crippen molar-refractivity contribution in [3.63, 3.8) is 0 Å². The summed E-state index contributed by atoms with van der Waals surface area (Å²) in [5, 5.41) is 1.14. The number of benzene rings is 1. The molecule has 0 fully saturated rings. The van der Waals surface area contributed by atoms with E-state index in [4.69, 9.17) is 0 Å². The van der Waals surface area contributed by atoms with Gasteiger partial charge in [-0.2, -0.15) is 0 Å². The lowest BCUT2D eigenvalue weighted by atomic mass is 10.2. The Labute approximate surface area is 116 Å². The third-order valence-electron chi connectivity index (χ3n) is 3.06. The first-order valence-corrected chi connectivity index (χ1v) is 7.02. The van der Waals surface area contributed by atoms with Gasteiger partial charge in [-0.15, -0.1) is 11.3 Å². The Kier molecular flexibility index (Phi) is 3.17. The van der Waals surface area contributed by atoms with Crippen molar-refractivity contribution in [1.82, 2.24) is 9.97 Å². The Bertz CT molecular complexity index is 691. The minimum absolute atomic E-state index is 0.849. The molecule has 19 heavy (non-hydrogen) atoms. The van der Waals surface area contributed by atoms with Crippen LogP contribution in [0.5, 0.6) is 0 Å². The number of fused-ring (bicyclic) bond motifs is 1. The van der Waals surface area contributed by atoms with Gasteiger partial charge < -0.3 is 4.90 Å². The largest absolute Gasteiger partial charge is 0.355 e. The standard InChI is InChI=1S/C15H15N3S/c1-11-8-13-14(16-10-17-15(13)19-11)18(2)9-12-6-4-3-5-7-12/h3-8,10H,9H2,1-2H3. The van der Waals surface area contributed by atoms with E-state index in [0.29, 0.717) is 0 Å². The van der Waals surface area contributed by atoms with Gasteiger partial charge >= 0.3 is 0 Å². The molecule has 0 saturated carbocycles. The molecule has 3 rings (SSSR count). The zero-order valence-electron chi connectivity index (χ0n) is 11.0. The summed E-state index contributed by atoms with van der Waals surface area (Å²) < 4.78 is 0.